The summed E-state index contributed by atoms with van der Waals surface area (Å²) in [6.07, 6.45) is 7.76. The average Bonchev–Trinajstić information content (AvgIpc) is 2.95. The van der Waals surface area contributed by atoms with Gasteiger partial charge in [0.2, 0.25) is 5.91 Å². The average molecular weight is 369 g/mol. The third kappa shape index (κ3) is 4.51. The van der Waals surface area contributed by atoms with Crippen LogP contribution in [0.3, 0.4) is 0 Å². The molecule has 0 radical (unpaired) electrons. The van der Waals surface area contributed by atoms with Crippen LogP contribution in [0.1, 0.15) is 38.5 Å². The van der Waals surface area contributed by atoms with Crippen LogP contribution in [0, 0.1) is 0 Å². The summed E-state index contributed by atoms with van der Waals surface area (Å²) in [5, 5.41) is 0.827. The van der Waals surface area contributed by atoms with E-state index in [1.165, 1.54) is 18.2 Å². The lowest BCUT2D eigenvalue weighted by Crippen LogP contribution is -2.49. The molecular weight excluding hydrogens is 344 g/mol. The Morgan fingerprint density at radius 1 is 1.17 bits per heavy atom. The maximum atomic E-state index is 12.9. The smallest absolute Gasteiger partial charge is 0.233 e. The monoisotopic (exact) mass is 368 g/mol. The lowest BCUT2D eigenvalue weighted by Gasteiger charge is -2.38. The first-order valence-electron chi connectivity index (χ1n) is 8.60. The molecular formula is C17H24N2O3S2. The van der Waals surface area contributed by atoms with Gasteiger partial charge in [0, 0.05) is 18.3 Å². The molecule has 2 aliphatic rings. The zero-order chi connectivity index (χ0) is 17.0. The summed E-state index contributed by atoms with van der Waals surface area (Å²) in [7, 11) is -2.99. The second kappa shape index (κ2) is 7.87. The fraction of sp³-hybridized carbons (Fsp3) is 0.647. The highest BCUT2D eigenvalue weighted by molar-refractivity contribution is 7.99. The van der Waals surface area contributed by atoms with Crippen LogP contribution in [-0.2, 0) is 14.6 Å². The predicted octanol–water partition coefficient (Wildman–Crippen LogP) is 2.52. The molecule has 1 aliphatic heterocycles. The van der Waals surface area contributed by atoms with Gasteiger partial charge < -0.3 is 4.90 Å². The van der Waals surface area contributed by atoms with Crippen molar-refractivity contribution < 1.29 is 13.2 Å². The minimum Gasteiger partial charge on any atom is -0.335 e. The van der Waals surface area contributed by atoms with Crippen LogP contribution in [0.5, 0.6) is 0 Å². The summed E-state index contributed by atoms with van der Waals surface area (Å²) in [6, 6.07) is 5.71. The van der Waals surface area contributed by atoms with Gasteiger partial charge in [-0.3, -0.25) is 4.79 Å². The molecule has 1 aromatic rings. The van der Waals surface area contributed by atoms with Gasteiger partial charge in [-0.05, 0) is 31.4 Å². The van der Waals surface area contributed by atoms with Gasteiger partial charge in [-0.25, -0.2) is 13.4 Å². The van der Waals surface area contributed by atoms with Crippen LogP contribution in [0.25, 0.3) is 0 Å². The van der Waals surface area contributed by atoms with Crippen LogP contribution >= 0.6 is 11.8 Å². The SMILES string of the molecule is O=C(CSc1ccccn1)N(C1CCCCC1)C1CCS(=O)(=O)C1. The van der Waals surface area contributed by atoms with Gasteiger partial charge in [0.25, 0.3) is 0 Å². The van der Waals surface area contributed by atoms with Gasteiger partial charge in [0.1, 0.15) is 0 Å². The third-order valence-electron chi connectivity index (χ3n) is 4.84. The highest BCUT2D eigenvalue weighted by atomic mass is 32.2. The van der Waals surface area contributed by atoms with Crippen LogP contribution in [-0.4, -0.2) is 53.6 Å². The predicted molar refractivity (Wildman–Crippen MR) is 95.7 cm³/mol. The molecule has 3 rings (SSSR count). The van der Waals surface area contributed by atoms with Crippen molar-refractivity contribution in [2.75, 3.05) is 17.3 Å². The largest absolute Gasteiger partial charge is 0.335 e. The fourth-order valence-electron chi connectivity index (χ4n) is 3.70. The van der Waals surface area contributed by atoms with Gasteiger partial charge in [-0.1, -0.05) is 37.1 Å². The van der Waals surface area contributed by atoms with Crippen molar-refractivity contribution in [2.24, 2.45) is 0 Å². The quantitative estimate of drug-likeness (QED) is 0.747. The molecule has 24 heavy (non-hydrogen) atoms. The van der Waals surface area contributed by atoms with Crippen LogP contribution in [0.4, 0.5) is 0 Å². The summed E-state index contributed by atoms with van der Waals surface area (Å²) in [5.74, 6) is 0.717. The maximum absolute atomic E-state index is 12.9. The van der Waals surface area contributed by atoms with Crippen molar-refractivity contribution in [1.82, 2.24) is 9.88 Å². The van der Waals surface area contributed by atoms with Crippen molar-refractivity contribution in [3.8, 4) is 0 Å². The van der Waals surface area contributed by atoms with Gasteiger partial charge in [-0.15, -0.1) is 0 Å². The van der Waals surface area contributed by atoms with E-state index in [0.29, 0.717) is 12.2 Å². The highest BCUT2D eigenvalue weighted by Crippen LogP contribution is 2.29. The molecule has 2 heterocycles. The third-order valence-corrected chi connectivity index (χ3v) is 7.52. The van der Waals surface area contributed by atoms with Crippen LogP contribution < -0.4 is 0 Å². The molecule has 1 amide bonds. The zero-order valence-electron chi connectivity index (χ0n) is 13.8. The zero-order valence-corrected chi connectivity index (χ0v) is 15.4. The molecule has 1 aromatic heterocycles. The van der Waals surface area contributed by atoms with Gasteiger partial charge in [0.05, 0.1) is 22.3 Å². The Balaban J connectivity index is 1.69. The number of carbonyl (C=O) groups excluding carboxylic acids is 1. The molecule has 132 valence electrons. The molecule has 2 fully saturated rings. The Hall–Kier alpha value is -1.08. The summed E-state index contributed by atoms with van der Waals surface area (Å²) >= 11 is 1.43. The Morgan fingerprint density at radius 2 is 1.96 bits per heavy atom. The minimum atomic E-state index is -2.99. The van der Waals surface area contributed by atoms with Crippen molar-refractivity contribution in [1.29, 1.82) is 0 Å². The van der Waals surface area contributed by atoms with Crippen molar-refractivity contribution in [2.45, 2.75) is 55.6 Å². The van der Waals surface area contributed by atoms with E-state index in [1.54, 1.807) is 6.20 Å². The topological polar surface area (TPSA) is 67.3 Å². The lowest BCUT2D eigenvalue weighted by molar-refractivity contribution is -0.133. The second-order valence-corrected chi connectivity index (χ2v) is 9.83. The lowest BCUT2D eigenvalue weighted by atomic mass is 9.93. The van der Waals surface area contributed by atoms with Gasteiger partial charge in [0.15, 0.2) is 9.84 Å². The number of amides is 1. The number of hydrogen-bond acceptors (Lipinski definition) is 5. The molecule has 5 nitrogen and oxygen atoms in total. The van der Waals surface area contributed by atoms with E-state index in [2.05, 4.69) is 4.98 Å². The summed E-state index contributed by atoms with van der Waals surface area (Å²) in [6.45, 7) is 0. The number of nitrogens with zero attached hydrogens (tertiary/aromatic N) is 2. The molecule has 1 aliphatic carbocycles. The molecule has 0 spiro atoms. The van der Waals surface area contributed by atoms with Crippen molar-refractivity contribution in [3.63, 3.8) is 0 Å². The van der Waals surface area contributed by atoms with Crippen LogP contribution in [0.15, 0.2) is 29.4 Å². The molecule has 1 saturated heterocycles. The Morgan fingerprint density at radius 3 is 2.58 bits per heavy atom. The number of aromatic nitrogens is 1. The van der Waals surface area contributed by atoms with E-state index >= 15 is 0 Å². The summed E-state index contributed by atoms with van der Waals surface area (Å²) in [4.78, 5) is 19.1. The molecule has 0 aromatic carbocycles. The molecule has 1 saturated carbocycles. The molecule has 0 bridgehead atoms. The first kappa shape index (κ1) is 17.7. The number of sulfone groups is 1. The standard InChI is InChI=1S/C17H24N2O3S2/c20-17(12-23-16-8-4-5-10-18-16)19(14-6-2-1-3-7-14)15-9-11-24(21,22)13-15/h4-5,8,10,14-15H,1-3,6-7,9,11-13H2. The van der Waals surface area contributed by atoms with E-state index < -0.39 is 9.84 Å². The highest BCUT2D eigenvalue weighted by Gasteiger charge is 2.38. The van der Waals surface area contributed by atoms with Crippen molar-refractivity contribution in [3.05, 3.63) is 24.4 Å². The van der Waals surface area contributed by atoms with E-state index in [4.69, 9.17) is 0 Å². The molecule has 7 heteroatoms. The van der Waals surface area contributed by atoms with E-state index in [9.17, 15) is 13.2 Å². The number of carbonyl (C=O) groups is 1. The first-order valence-corrected chi connectivity index (χ1v) is 11.4. The van der Waals surface area contributed by atoms with E-state index in [0.717, 1.165) is 30.7 Å². The van der Waals surface area contributed by atoms with Gasteiger partial charge >= 0.3 is 0 Å². The summed E-state index contributed by atoms with van der Waals surface area (Å²) in [5.41, 5.74) is 0. The second-order valence-electron chi connectivity index (χ2n) is 6.61. The minimum absolute atomic E-state index is 0.0552. The summed E-state index contributed by atoms with van der Waals surface area (Å²) < 4.78 is 23.8. The molecule has 1 atom stereocenters. The van der Waals surface area contributed by atoms with E-state index in [1.807, 2.05) is 23.1 Å². The fourth-order valence-corrected chi connectivity index (χ4v) is 6.14. The van der Waals surface area contributed by atoms with Crippen molar-refractivity contribution >= 4 is 27.5 Å². The normalized spacial score (nSPS) is 23.9. The molecule has 1 unspecified atom stereocenters. The number of hydrogen-bond donors (Lipinski definition) is 0. The number of thioether (sulfide) groups is 1. The Kier molecular flexibility index (Phi) is 5.81. The Labute approximate surface area is 148 Å². The molecule has 0 N–H and O–H groups in total. The number of rotatable bonds is 5. The van der Waals surface area contributed by atoms with Crippen LogP contribution in [0.2, 0.25) is 0 Å². The van der Waals surface area contributed by atoms with Gasteiger partial charge in [-0.2, -0.15) is 0 Å². The van der Waals surface area contributed by atoms with E-state index in [-0.39, 0.29) is 29.5 Å². The maximum Gasteiger partial charge on any atom is 0.233 e. The Bertz CT molecular complexity index is 658. The first-order chi connectivity index (χ1) is 11.6. The number of pyridine rings is 1.